The summed E-state index contributed by atoms with van der Waals surface area (Å²) in [5.74, 6) is 0. The average Bonchev–Trinajstić information content (AvgIpc) is 2.86. The molecule has 0 saturated heterocycles. The van der Waals surface area contributed by atoms with Crippen LogP contribution >= 0.6 is 0 Å². The molecule has 3 heterocycles. The van der Waals surface area contributed by atoms with Crippen LogP contribution in [0.1, 0.15) is 11.1 Å². The van der Waals surface area contributed by atoms with Gasteiger partial charge in [-0.05, 0) is 18.2 Å². The molecule has 0 aliphatic heterocycles. The van der Waals surface area contributed by atoms with Crippen LogP contribution in [0.4, 0.5) is 5.69 Å². The Bertz CT molecular complexity index is 978. The summed E-state index contributed by atoms with van der Waals surface area (Å²) in [6.45, 7) is 0.102. The molecule has 3 aromatic heterocycles. The molecule has 7 heteroatoms. The van der Waals surface area contributed by atoms with E-state index >= 15 is 0 Å². The largest absolute Gasteiger partial charge is 0.334 e. The first-order valence-electron chi connectivity index (χ1n) is 6.44. The Hall–Kier alpha value is -3.40. The second-order valence-corrected chi connectivity index (χ2v) is 4.72. The zero-order valence-corrected chi connectivity index (χ0v) is 11.3. The molecule has 0 aliphatic carbocycles. The first kappa shape index (κ1) is 13.6. The van der Waals surface area contributed by atoms with E-state index in [1.54, 1.807) is 22.9 Å². The summed E-state index contributed by atoms with van der Waals surface area (Å²) < 4.78 is 3.02. The van der Waals surface area contributed by atoms with Crippen molar-refractivity contribution in [2.24, 2.45) is 0 Å². The first-order valence-corrected chi connectivity index (χ1v) is 6.44. The van der Waals surface area contributed by atoms with Crippen molar-refractivity contribution in [3.63, 3.8) is 0 Å². The number of hydrogen-bond acceptors (Lipinski definition) is 4. The van der Waals surface area contributed by atoms with Crippen LogP contribution in [0, 0.1) is 21.4 Å². The highest BCUT2D eigenvalue weighted by atomic mass is 16.6. The topological polar surface area (TPSA) is 93.3 Å². The van der Waals surface area contributed by atoms with Gasteiger partial charge < -0.3 is 8.97 Å². The number of pyridine rings is 2. The van der Waals surface area contributed by atoms with E-state index in [2.05, 4.69) is 6.07 Å². The summed E-state index contributed by atoms with van der Waals surface area (Å²) in [6.07, 6.45) is 5.02. The SMILES string of the molecule is N#Cc1c(Cn2cccc([N+](=O)[O-])c2=O)cn2ccccc12. The number of aromatic nitrogens is 2. The highest BCUT2D eigenvalue weighted by molar-refractivity contribution is 5.65. The standard InChI is InChI=1S/C15H10N4O3/c16-8-12-11(9-17-6-2-1-4-13(12)17)10-18-7-3-5-14(15(18)20)19(21)22/h1-7,9H,10H2. The van der Waals surface area contributed by atoms with Crippen molar-refractivity contribution in [2.75, 3.05) is 0 Å². The molecule has 0 spiro atoms. The fourth-order valence-corrected chi connectivity index (χ4v) is 2.40. The average molecular weight is 294 g/mol. The molecular weight excluding hydrogens is 284 g/mol. The van der Waals surface area contributed by atoms with E-state index in [4.69, 9.17) is 0 Å². The molecule has 0 aromatic carbocycles. The molecule has 0 atom stereocenters. The first-order chi connectivity index (χ1) is 10.6. The van der Waals surface area contributed by atoms with Crippen molar-refractivity contribution >= 4 is 11.2 Å². The number of fused-ring (bicyclic) bond motifs is 1. The van der Waals surface area contributed by atoms with E-state index in [-0.39, 0.29) is 6.54 Å². The molecule has 0 aliphatic rings. The summed E-state index contributed by atoms with van der Waals surface area (Å²) in [5, 5.41) is 20.2. The van der Waals surface area contributed by atoms with Crippen molar-refractivity contribution in [2.45, 2.75) is 6.54 Å². The van der Waals surface area contributed by atoms with Gasteiger partial charge in [-0.2, -0.15) is 5.26 Å². The van der Waals surface area contributed by atoms with Gasteiger partial charge in [0.15, 0.2) is 0 Å². The van der Waals surface area contributed by atoms with E-state index in [0.29, 0.717) is 11.1 Å². The third kappa shape index (κ3) is 2.13. The van der Waals surface area contributed by atoms with Gasteiger partial charge in [-0.1, -0.05) is 6.07 Å². The molecule has 108 valence electrons. The Labute approximate surface area is 124 Å². The normalized spacial score (nSPS) is 10.5. The molecule has 3 rings (SSSR count). The molecule has 0 amide bonds. The lowest BCUT2D eigenvalue weighted by atomic mass is 10.2. The summed E-state index contributed by atoms with van der Waals surface area (Å²) in [7, 11) is 0. The highest BCUT2D eigenvalue weighted by Crippen LogP contribution is 2.18. The minimum atomic E-state index is -0.708. The molecule has 0 fully saturated rings. The number of nitriles is 1. The Morgan fingerprint density at radius 1 is 1.23 bits per heavy atom. The van der Waals surface area contributed by atoms with Crippen molar-refractivity contribution in [1.82, 2.24) is 8.97 Å². The highest BCUT2D eigenvalue weighted by Gasteiger charge is 2.16. The lowest BCUT2D eigenvalue weighted by Gasteiger charge is -2.03. The minimum absolute atomic E-state index is 0.102. The van der Waals surface area contributed by atoms with Crippen LogP contribution < -0.4 is 5.56 Å². The van der Waals surface area contributed by atoms with E-state index in [9.17, 15) is 20.2 Å². The van der Waals surface area contributed by atoms with Crippen molar-refractivity contribution in [3.05, 3.63) is 80.5 Å². The monoisotopic (exact) mass is 294 g/mol. The van der Waals surface area contributed by atoms with E-state index < -0.39 is 16.2 Å². The number of rotatable bonds is 3. The fraction of sp³-hybridized carbons (Fsp3) is 0.0667. The Morgan fingerprint density at radius 2 is 2.05 bits per heavy atom. The quantitative estimate of drug-likeness (QED) is 0.545. The van der Waals surface area contributed by atoms with E-state index in [1.807, 2.05) is 12.1 Å². The zero-order valence-electron chi connectivity index (χ0n) is 11.3. The molecule has 3 aromatic rings. The maximum absolute atomic E-state index is 12.1. The smallest absolute Gasteiger partial charge is 0.322 e. The van der Waals surface area contributed by atoms with Crippen LogP contribution in [-0.2, 0) is 6.54 Å². The molecule has 0 N–H and O–H groups in total. The third-order valence-corrected chi connectivity index (χ3v) is 3.41. The maximum Gasteiger partial charge on any atom is 0.334 e. The molecule has 0 radical (unpaired) electrons. The van der Waals surface area contributed by atoms with Gasteiger partial charge in [-0.3, -0.25) is 14.9 Å². The second kappa shape index (κ2) is 5.18. The fourth-order valence-electron chi connectivity index (χ4n) is 2.40. The summed E-state index contributed by atoms with van der Waals surface area (Å²) >= 11 is 0. The van der Waals surface area contributed by atoms with Gasteiger partial charge in [0.2, 0.25) is 0 Å². The van der Waals surface area contributed by atoms with Gasteiger partial charge >= 0.3 is 11.2 Å². The van der Waals surface area contributed by atoms with Crippen molar-refractivity contribution in [3.8, 4) is 6.07 Å². The molecule has 0 bridgehead atoms. The van der Waals surface area contributed by atoms with E-state index in [1.165, 1.54) is 22.9 Å². The summed E-state index contributed by atoms with van der Waals surface area (Å²) in [4.78, 5) is 22.2. The van der Waals surface area contributed by atoms with Gasteiger partial charge in [0.05, 0.1) is 22.5 Å². The number of nitrogens with zero attached hydrogens (tertiary/aromatic N) is 4. The van der Waals surface area contributed by atoms with Crippen LogP contribution in [0.5, 0.6) is 0 Å². The van der Waals surface area contributed by atoms with Crippen LogP contribution in [0.15, 0.2) is 53.7 Å². The van der Waals surface area contributed by atoms with Crippen molar-refractivity contribution in [1.29, 1.82) is 5.26 Å². The van der Waals surface area contributed by atoms with Gasteiger partial charge in [-0.15, -0.1) is 0 Å². The maximum atomic E-state index is 12.1. The van der Waals surface area contributed by atoms with Crippen LogP contribution in [-0.4, -0.2) is 13.9 Å². The third-order valence-electron chi connectivity index (χ3n) is 3.41. The predicted molar refractivity (Wildman–Crippen MR) is 78.6 cm³/mol. The van der Waals surface area contributed by atoms with Gasteiger partial charge in [-0.25, -0.2) is 0 Å². The lowest BCUT2D eigenvalue weighted by molar-refractivity contribution is -0.386. The number of nitro groups is 1. The van der Waals surface area contributed by atoms with E-state index in [0.717, 1.165) is 5.52 Å². The predicted octanol–water partition coefficient (Wildman–Crippen LogP) is 1.93. The molecular formula is C15H10N4O3. The molecule has 22 heavy (non-hydrogen) atoms. The molecule has 0 saturated carbocycles. The lowest BCUT2D eigenvalue weighted by Crippen LogP contribution is -2.22. The Balaban J connectivity index is 2.12. The molecule has 0 unspecified atom stereocenters. The summed E-state index contributed by atoms with van der Waals surface area (Å²) in [5.41, 5.74) is 0.658. The second-order valence-electron chi connectivity index (χ2n) is 4.72. The Morgan fingerprint density at radius 3 is 2.77 bits per heavy atom. The van der Waals surface area contributed by atoms with Gasteiger partial charge in [0.1, 0.15) is 6.07 Å². The van der Waals surface area contributed by atoms with Crippen LogP contribution in [0.3, 0.4) is 0 Å². The minimum Gasteiger partial charge on any atom is -0.322 e. The van der Waals surface area contributed by atoms with Gasteiger partial charge in [0, 0.05) is 30.2 Å². The summed E-state index contributed by atoms with van der Waals surface area (Å²) in [6, 6.07) is 10.2. The Kier molecular flexibility index (Phi) is 3.20. The van der Waals surface area contributed by atoms with Crippen molar-refractivity contribution < 1.29 is 4.92 Å². The molecule has 7 nitrogen and oxygen atoms in total. The van der Waals surface area contributed by atoms with Gasteiger partial charge in [0.25, 0.3) is 0 Å². The number of hydrogen-bond donors (Lipinski definition) is 0. The van der Waals surface area contributed by atoms with Crippen LogP contribution in [0.25, 0.3) is 5.52 Å². The van der Waals surface area contributed by atoms with Crippen LogP contribution in [0.2, 0.25) is 0 Å². The zero-order chi connectivity index (χ0) is 15.7.